The van der Waals surface area contributed by atoms with Crippen molar-refractivity contribution >= 4 is 5.91 Å². The number of piperazine rings is 1. The Morgan fingerprint density at radius 2 is 2.29 bits per heavy atom. The van der Waals surface area contributed by atoms with Crippen molar-refractivity contribution in [3.05, 3.63) is 0 Å². The van der Waals surface area contributed by atoms with Crippen LogP contribution >= 0.6 is 0 Å². The Morgan fingerprint density at radius 1 is 1.57 bits per heavy atom. The quantitative estimate of drug-likeness (QED) is 0.620. The zero-order chi connectivity index (χ0) is 10.6. The Kier molecular flexibility index (Phi) is 4.31. The number of likely N-dealkylation sites (N-methyl/N-ethyl adjacent to an activating group) is 1. The monoisotopic (exact) mass is 202 g/mol. The fraction of sp³-hybridized carbons (Fsp3) is 0.889. The number of carbonyl (C=O) groups is 1. The Balaban J connectivity index is 2.53. The molecule has 5 heteroatoms. The van der Waals surface area contributed by atoms with Crippen molar-refractivity contribution in [2.75, 3.05) is 47.0 Å². The summed E-state index contributed by atoms with van der Waals surface area (Å²) in [6.07, 6.45) is 0. The van der Waals surface area contributed by atoms with Gasteiger partial charge in [-0.05, 0) is 0 Å². The zero-order valence-electron chi connectivity index (χ0n) is 8.77. The Bertz CT molecular complexity index is 196. The van der Waals surface area contributed by atoms with Gasteiger partial charge >= 0.3 is 0 Å². The van der Waals surface area contributed by atoms with Crippen LogP contribution in [0.3, 0.4) is 0 Å². The van der Waals surface area contributed by atoms with Crippen LogP contribution in [-0.2, 0) is 9.53 Å². The summed E-state index contributed by atoms with van der Waals surface area (Å²) in [7, 11) is 3.39. The molecule has 1 amide bonds. The van der Waals surface area contributed by atoms with Gasteiger partial charge in [-0.2, -0.15) is 0 Å². The summed E-state index contributed by atoms with van der Waals surface area (Å²) in [4.78, 5) is 15.2. The summed E-state index contributed by atoms with van der Waals surface area (Å²) in [6.45, 7) is 2.69. The zero-order valence-corrected chi connectivity index (χ0v) is 8.77. The number of hydrogen-bond donors (Lipinski definition) is 1. The minimum Gasteiger partial charge on any atom is -0.394 e. The standard InChI is InChI=1S/C9H18N2O3/c1-10-3-4-11(5-6-14-2)8(7-12)9(10)13/h8,12H,3-7H2,1-2H3. The molecule has 1 N–H and O–H groups in total. The predicted molar refractivity (Wildman–Crippen MR) is 52.0 cm³/mol. The molecule has 5 nitrogen and oxygen atoms in total. The third-order valence-corrected chi connectivity index (χ3v) is 2.58. The molecule has 1 aliphatic heterocycles. The molecule has 1 aliphatic rings. The molecule has 1 fully saturated rings. The van der Waals surface area contributed by atoms with E-state index in [9.17, 15) is 4.79 Å². The molecule has 1 atom stereocenters. The molecule has 82 valence electrons. The molecule has 1 rings (SSSR count). The van der Waals surface area contributed by atoms with Crippen LogP contribution in [-0.4, -0.2) is 73.9 Å². The maximum atomic E-state index is 11.6. The van der Waals surface area contributed by atoms with Crippen molar-refractivity contribution in [1.29, 1.82) is 0 Å². The number of methoxy groups -OCH3 is 1. The highest BCUT2D eigenvalue weighted by Crippen LogP contribution is 2.08. The third-order valence-electron chi connectivity index (χ3n) is 2.58. The summed E-state index contributed by atoms with van der Waals surface area (Å²) < 4.78 is 4.95. The number of ether oxygens (including phenoxy) is 1. The van der Waals surface area contributed by atoms with Gasteiger partial charge < -0.3 is 14.7 Å². The van der Waals surface area contributed by atoms with Gasteiger partial charge in [-0.1, -0.05) is 0 Å². The second kappa shape index (κ2) is 5.29. The predicted octanol–water partition coefficient (Wildman–Crippen LogP) is -1.23. The van der Waals surface area contributed by atoms with Crippen LogP contribution in [0, 0.1) is 0 Å². The molecular weight excluding hydrogens is 184 g/mol. The van der Waals surface area contributed by atoms with E-state index in [2.05, 4.69) is 0 Å². The van der Waals surface area contributed by atoms with E-state index in [1.165, 1.54) is 0 Å². The van der Waals surface area contributed by atoms with Crippen LogP contribution in [0.5, 0.6) is 0 Å². The van der Waals surface area contributed by atoms with E-state index in [0.717, 1.165) is 13.1 Å². The largest absolute Gasteiger partial charge is 0.394 e. The molecule has 0 aliphatic carbocycles. The minimum absolute atomic E-state index is 0.00477. The summed E-state index contributed by atoms with van der Waals surface area (Å²) in [5.41, 5.74) is 0. The maximum Gasteiger partial charge on any atom is 0.242 e. The van der Waals surface area contributed by atoms with E-state index in [4.69, 9.17) is 9.84 Å². The summed E-state index contributed by atoms with van der Waals surface area (Å²) in [6, 6.07) is -0.385. The fourth-order valence-electron chi connectivity index (χ4n) is 1.62. The molecule has 14 heavy (non-hydrogen) atoms. The molecule has 1 heterocycles. The normalized spacial score (nSPS) is 24.4. The van der Waals surface area contributed by atoms with Gasteiger partial charge in [-0.15, -0.1) is 0 Å². The Morgan fingerprint density at radius 3 is 2.86 bits per heavy atom. The molecular formula is C9H18N2O3. The van der Waals surface area contributed by atoms with Crippen molar-refractivity contribution in [1.82, 2.24) is 9.80 Å². The molecule has 1 saturated heterocycles. The summed E-state index contributed by atoms with van der Waals surface area (Å²) in [5.74, 6) is -0.00477. The number of rotatable bonds is 4. The minimum atomic E-state index is -0.385. The van der Waals surface area contributed by atoms with E-state index in [1.807, 2.05) is 4.90 Å². The van der Waals surface area contributed by atoms with Gasteiger partial charge in [-0.25, -0.2) is 0 Å². The molecule has 0 bridgehead atoms. The van der Waals surface area contributed by atoms with Crippen molar-refractivity contribution in [3.8, 4) is 0 Å². The molecule has 0 aromatic rings. The van der Waals surface area contributed by atoms with Crippen LogP contribution in [0.1, 0.15) is 0 Å². The first-order chi connectivity index (χ1) is 6.70. The number of hydrogen-bond acceptors (Lipinski definition) is 4. The van der Waals surface area contributed by atoms with Crippen molar-refractivity contribution in [2.45, 2.75) is 6.04 Å². The van der Waals surface area contributed by atoms with Crippen molar-refractivity contribution in [3.63, 3.8) is 0 Å². The molecule has 0 radical (unpaired) electrons. The van der Waals surface area contributed by atoms with Gasteiger partial charge in [-0.3, -0.25) is 9.69 Å². The highest BCUT2D eigenvalue weighted by Gasteiger charge is 2.31. The number of nitrogens with zero attached hydrogens (tertiary/aromatic N) is 2. The van der Waals surface area contributed by atoms with Crippen molar-refractivity contribution < 1.29 is 14.6 Å². The molecule has 0 saturated carbocycles. The van der Waals surface area contributed by atoms with Crippen LogP contribution in [0.25, 0.3) is 0 Å². The molecule has 0 spiro atoms. The van der Waals surface area contributed by atoms with Gasteiger partial charge in [0.05, 0.1) is 13.2 Å². The van der Waals surface area contributed by atoms with Gasteiger partial charge in [0.1, 0.15) is 6.04 Å². The van der Waals surface area contributed by atoms with E-state index < -0.39 is 0 Å². The number of carbonyl (C=O) groups excluding carboxylic acids is 1. The van der Waals surface area contributed by atoms with Gasteiger partial charge in [0.15, 0.2) is 0 Å². The van der Waals surface area contributed by atoms with Crippen LogP contribution in [0.2, 0.25) is 0 Å². The number of aliphatic hydroxyl groups is 1. The first-order valence-electron chi connectivity index (χ1n) is 4.79. The fourth-order valence-corrected chi connectivity index (χ4v) is 1.62. The van der Waals surface area contributed by atoms with E-state index in [1.54, 1.807) is 19.1 Å². The lowest BCUT2D eigenvalue weighted by molar-refractivity contribution is -0.142. The highest BCUT2D eigenvalue weighted by atomic mass is 16.5. The van der Waals surface area contributed by atoms with E-state index in [0.29, 0.717) is 13.2 Å². The van der Waals surface area contributed by atoms with Gasteiger partial charge in [0, 0.05) is 33.8 Å². The Hall–Kier alpha value is -0.650. The summed E-state index contributed by atoms with van der Waals surface area (Å²) in [5, 5.41) is 9.12. The van der Waals surface area contributed by atoms with Crippen LogP contribution < -0.4 is 0 Å². The second-order valence-electron chi connectivity index (χ2n) is 3.49. The topological polar surface area (TPSA) is 53.0 Å². The number of aliphatic hydroxyl groups excluding tert-OH is 1. The first-order valence-corrected chi connectivity index (χ1v) is 4.79. The number of amides is 1. The average molecular weight is 202 g/mol. The SMILES string of the molecule is COCCN1CCN(C)C(=O)C1CO. The lowest BCUT2D eigenvalue weighted by Gasteiger charge is -2.38. The van der Waals surface area contributed by atoms with E-state index >= 15 is 0 Å². The molecule has 0 aromatic heterocycles. The first kappa shape index (κ1) is 11.4. The lowest BCUT2D eigenvalue weighted by Crippen LogP contribution is -2.57. The second-order valence-corrected chi connectivity index (χ2v) is 3.49. The van der Waals surface area contributed by atoms with Crippen LogP contribution in [0.4, 0.5) is 0 Å². The van der Waals surface area contributed by atoms with Crippen molar-refractivity contribution in [2.24, 2.45) is 0 Å². The smallest absolute Gasteiger partial charge is 0.242 e. The van der Waals surface area contributed by atoms with E-state index in [-0.39, 0.29) is 18.6 Å². The van der Waals surface area contributed by atoms with Gasteiger partial charge in [0.25, 0.3) is 0 Å². The molecule has 0 aromatic carbocycles. The maximum absolute atomic E-state index is 11.6. The summed E-state index contributed by atoms with van der Waals surface area (Å²) >= 11 is 0. The lowest BCUT2D eigenvalue weighted by atomic mass is 10.1. The van der Waals surface area contributed by atoms with Gasteiger partial charge in [0.2, 0.25) is 5.91 Å². The third kappa shape index (κ3) is 2.43. The average Bonchev–Trinajstić information content (AvgIpc) is 2.20. The highest BCUT2D eigenvalue weighted by molar-refractivity contribution is 5.82. The molecule has 1 unspecified atom stereocenters. The Labute approximate surface area is 84.2 Å². The van der Waals surface area contributed by atoms with Crippen LogP contribution in [0.15, 0.2) is 0 Å².